The number of benzene rings is 1. The maximum Gasteiger partial charge on any atom is 0.227 e. The molecule has 9 heteroatoms. The third kappa shape index (κ3) is 5.73. The second kappa shape index (κ2) is 11.5. The van der Waals surface area contributed by atoms with Gasteiger partial charge in [0.05, 0.1) is 13.4 Å². The molecule has 0 amide bonds. The van der Waals surface area contributed by atoms with Gasteiger partial charge in [-0.3, -0.25) is 0 Å². The molecule has 3 aromatic rings. The van der Waals surface area contributed by atoms with E-state index in [1.807, 2.05) is 12.4 Å². The number of imidazole rings is 1. The number of hydrazine groups is 1. The van der Waals surface area contributed by atoms with Crippen molar-refractivity contribution in [1.29, 1.82) is 0 Å². The molecule has 1 aliphatic heterocycles. The van der Waals surface area contributed by atoms with Crippen LogP contribution in [0.4, 0.5) is 11.8 Å². The summed E-state index contributed by atoms with van der Waals surface area (Å²) in [4.78, 5) is 14.8. The molecule has 0 bridgehead atoms. The molecule has 6 rings (SSSR count). The summed E-state index contributed by atoms with van der Waals surface area (Å²) in [5.41, 5.74) is 12.9. The van der Waals surface area contributed by atoms with Gasteiger partial charge in [-0.05, 0) is 81.4 Å². The fourth-order valence-corrected chi connectivity index (χ4v) is 6.49. The molecule has 3 heterocycles. The topological polar surface area (TPSA) is 106 Å². The number of piperidine rings is 1. The Labute approximate surface area is 225 Å². The van der Waals surface area contributed by atoms with Crippen molar-refractivity contribution in [2.75, 3.05) is 30.9 Å². The average Bonchev–Trinajstić information content (AvgIpc) is 3.62. The maximum atomic E-state index is 6.14. The van der Waals surface area contributed by atoms with Gasteiger partial charge in [0.25, 0.3) is 0 Å². The molecular weight excluding hydrogens is 476 g/mol. The van der Waals surface area contributed by atoms with Crippen molar-refractivity contribution in [3.05, 3.63) is 36.2 Å². The van der Waals surface area contributed by atoms with E-state index in [4.69, 9.17) is 25.4 Å². The molecule has 1 aromatic carbocycles. The third-order valence-corrected chi connectivity index (χ3v) is 8.78. The lowest BCUT2D eigenvalue weighted by Gasteiger charge is -2.32. The monoisotopic (exact) mass is 518 g/mol. The van der Waals surface area contributed by atoms with Crippen molar-refractivity contribution in [2.24, 2.45) is 11.7 Å². The van der Waals surface area contributed by atoms with Gasteiger partial charge in [-0.1, -0.05) is 25.0 Å². The quantitative estimate of drug-likeness (QED) is 0.386. The zero-order valence-corrected chi connectivity index (χ0v) is 22.6. The predicted octanol–water partition coefficient (Wildman–Crippen LogP) is 4.91. The molecule has 38 heavy (non-hydrogen) atoms. The van der Waals surface area contributed by atoms with Gasteiger partial charge in [0.15, 0.2) is 17.0 Å². The SMILES string of the molecule is COc1cccc(CC2CCN(Nc3nc(NC4CCC(N)CC4)nc4c3ncn4C3CCCC3)CC2)c1. The van der Waals surface area contributed by atoms with Gasteiger partial charge in [-0.25, -0.2) is 9.99 Å². The smallest absolute Gasteiger partial charge is 0.227 e. The Hall–Kier alpha value is -2.91. The van der Waals surface area contributed by atoms with E-state index in [2.05, 4.69) is 38.5 Å². The number of nitrogens with two attached hydrogens (primary N) is 1. The molecule has 2 aromatic heterocycles. The highest BCUT2D eigenvalue weighted by Gasteiger charge is 2.26. The zero-order valence-electron chi connectivity index (χ0n) is 22.6. The van der Waals surface area contributed by atoms with Crippen LogP contribution >= 0.6 is 0 Å². The summed E-state index contributed by atoms with van der Waals surface area (Å²) in [6, 6.07) is 9.65. The van der Waals surface area contributed by atoms with Gasteiger partial charge >= 0.3 is 0 Å². The van der Waals surface area contributed by atoms with Crippen LogP contribution in [0, 0.1) is 5.92 Å². The van der Waals surface area contributed by atoms with E-state index < -0.39 is 0 Å². The fraction of sp³-hybridized carbons (Fsp3) is 0.621. The van der Waals surface area contributed by atoms with Crippen molar-refractivity contribution < 1.29 is 4.74 Å². The molecule has 0 spiro atoms. The lowest BCUT2D eigenvalue weighted by atomic mass is 9.90. The van der Waals surface area contributed by atoms with Crippen LogP contribution < -0.4 is 21.2 Å². The van der Waals surface area contributed by atoms with Gasteiger partial charge in [0.2, 0.25) is 5.95 Å². The van der Waals surface area contributed by atoms with Crippen LogP contribution in [0.2, 0.25) is 0 Å². The van der Waals surface area contributed by atoms with E-state index in [-0.39, 0.29) is 0 Å². The fourth-order valence-electron chi connectivity index (χ4n) is 6.49. The zero-order chi connectivity index (χ0) is 25.9. The first-order chi connectivity index (χ1) is 18.6. The molecule has 204 valence electrons. The number of hydrogen-bond donors (Lipinski definition) is 3. The Bertz CT molecular complexity index is 1210. The van der Waals surface area contributed by atoms with Crippen molar-refractivity contribution in [2.45, 2.75) is 88.8 Å². The highest BCUT2D eigenvalue weighted by Crippen LogP contribution is 2.34. The van der Waals surface area contributed by atoms with Crippen LogP contribution in [0.15, 0.2) is 30.6 Å². The molecule has 3 fully saturated rings. The molecule has 0 radical (unpaired) electrons. The minimum Gasteiger partial charge on any atom is -0.497 e. The Morgan fingerprint density at radius 3 is 2.55 bits per heavy atom. The largest absolute Gasteiger partial charge is 0.497 e. The average molecular weight is 519 g/mol. The van der Waals surface area contributed by atoms with Crippen LogP contribution in [0.25, 0.3) is 11.2 Å². The minimum absolute atomic E-state index is 0.323. The third-order valence-electron chi connectivity index (χ3n) is 8.78. The number of fused-ring (bicyclic) bond motifs is 1. The number of aromatic nitrogens is 4. The Balaban J connectivity index is 1.17. The minimum atomic E-state index is 0.323. The van der Waals surface area contributed by atoms with Gasteiger partial charge in [-0.2, -0.15) is 9.97 Å². The Morgan fingerprint density at radius 1 is 1.00 bits per heavy atom. The van der Waals surface area contributed by atoms with Crippen LogP contribution in [0.1, 0.15) is 75.8 Å². The van der Waals surface area contributed by atoms with Crippen LogP contribution in [-0.2, 0) is 6.42 Å². The first kappa shape index (κ1) is 25.4. The standard InChI is InChI=1S/C29H42N8O/c1-38-25-8-4-5-21(18-25)17-20-13-15-36(16-14-20)35-27-26-28(37(19-31-26)24-6-2-3-7-24)34-29(33-27)32-23-11-9-22(30)10-12-23/h4-5,8,18-20,22-24H,2-3,6-7,9-17,30H2,1H3,(H2,32,33,34,35). The summed E-state index contributed by atoms with van der Waals surface area (Å²) in [6.45, 7) is 1.96. The van der Waals surface area contributed by atoms with Gasteiger partial charge in [0, 0.05) is 31.2 Å². The number of methoxy groups -OCH3 is 1. The van der Waals surface area contributed by atoms with Crippen LogP contribution in [-0.4, -0.2) is 56.8 Å². The molecule has 0 unspecified atom stereocenters. The molecule has 3 aliphatic rings. The number of ether oxygens (including phenoxy) is 1. The number of nitrogens with one attached hydrogen (secondary N) is 2. The summed E-state index contributed by atoms with van der Waals surface area (Å²) in [5, 5.41) is 5.94. The summed E-state index contributed by atoms with van der Waals surface area (Å²) >= 11 is 0. The van der Waals surface area contributed by atoms with Crippen molar-refractivity contribution in [1.82, 2.24) is 24.5 Å². The highest BCUT2D eigenvalue weighted by atomic mass is 16.5. The number of hydrogen-bond acceptors (Lipinski definition) is 8. The van der Waals surface area contributed by atoms with E-state index in [0.29, 0.717) is 30.0 Å². The van der Waals surface area contributed by atoms with E-state index in [9.17, 15) is 0 Å². The maximum absolute atomic E-state index is 6.14. The normalized spacial score (nSPS) is 23.6. The van der Waals surface area contributed by atoms with Gasteiger partial charge in [-0.15, -0.1) is 0 Å². The summed E-state index contributed by atoms with van der Waals surface area (Å²) in [5.74, 6) is 3.12. The predicted molar refractivity (Wildman–Crippen MR) is 151 cm³/mol. The second-order valence-electron chi connectivity index (χ2n) is 11.5. The summed E-state index contributed by atoms with van der Waals surface area (Å²) < 4.78 is 7.70. The molecule has 4 N–H and O–H groups in total. The van der Waals surface area contributed by atoms with Crippen molar-refractivity contribution in [3.63, 3.8) is 0 Å². The van der Waals surface area contributed by atoms with Crippen molar-refractivity contribution >= 4 is 22.9 Å². The number of nitrogens with zero attached hydrogens (tertiary/aromatic N) is 5. The highest BCUT2D eigenvalue weighted by molar-refractivity contribution is 5.84. The molecule has 9 nitrogen and oxygen atoms in total. The summed E-state index contributed by atoms with van der Waals surface area (Å²) in [7, 11) is 1.73. The Morgan fingerprint density at radius 2 is 1.79 bits per heavy atom. The van der Waals surface area contributed by atoms with E-state index in [1.165, 1.54) is 31.2 Å². The van der Waals surface area contributed by atoms with Crippen LogP contribution in [0.5, 0.6) is 5.75 Å². The molecule has 0 atom stereocenters. The molecular formula is C29H42N8O. The first-order valence-electron chi connectivity index (χ1n) is 14.6. The summed E-state index contributed by atoms with van der Waals surface area (Å²) in [6.07, 6.45) is 14.5. The molecule has 1 saturated heterocycles. The second-order valence-corrected chi connectivity index (χ2v) is 11.5. The van der Waals surface area contributed by atoms with E-state index >= 15 is 0 Å². The lowest BCUT2D eigenvalue weighted by Crippen LogP contribution is -2.39. The van der Waals surface area contributed by atoms with Crippen molar-refractivity contribution in [3.8, 4) is 5.75 Å². The number of rotatable bonds is 8. The van der Waals surface area contributed by atoms with E-state index in [1.54, 1.807) is 7.11 Å². The Kier molecular flexibility index (Phi) is 7.65. The molecule has 2 aliphatic carbocycles. The van der Waals surface area contributed by atoms with Gasteiger partial charge in [0.1, 0.15) is 5.75 Å². The van der Waals surface area contributed by atoms with E-state index in [0.717, 1.165) is 80.8 Å². The first-order valence-corrected chi connectivity index (χ1v) is 14.6. The lowest BCUT2D eigenvalue weighted by molar-refractivity contribution is 0.216. The van der Waals surface area contributed by atoms with Gasteiger partial charge < -0.3 is 25.8 Å². The molecule has 2 saturated carbocycles. The van der Waals surface area contributed by atoms with Crippen LogP contribution in [0.3, 0.4) is 0 Å². The number of anilines is 2.